The summed E-state index contributed by atoms with van der Waals surface area (Å²) in [5.41, 5.74) is 0.927. The highest BCUT2D eigenvalue weighted by Crippen LogP contribution is 2.06. The van der Waals surface area contributed by atoms with E-state index in [-0.39, 0.29) is 18.2 Å². The first-order chi connectivity index (χ1) is 14.5. The molecule has 0 heterocycles. The molecule has 0 saturated carbocycles. The molecule has 30 heavy (non-hydrogen) atoms. The molecule has 0 aliphatic carbocycles. The minimum Gasteiger partial charge on any atom is -0.467 e. The third-order valence-corrected chi connectivity index (χ3v) is 5.07. The average Bonchev–Trinajstić information content (AvgIpc) is 2.75. The zero-order valence-corrected chi connectivity index (χ0v) is 18.3. The van der Waals surface area contributed by atoms with Gasteiger partial charge in [0.1, 0.15) is 12.1 Å². The van der Waals surface area contributed by atoms with Crippen molar-refractivity contribution in [3.63, 3.8) is 0 Å². The van der Waals surface area contributed by atoms with E-state index in [0.717, 1.165) is 11.3 Å². The molecule has 0 spiro atoms. The largest absolute Gasteiger partial charge is 0.467 e. The highest BCUT2D eigenvalue weighted by atomic mass is 32.2. The lowest BCUT2D eigenvalue weighted by atomic mass is 10.1. The van der Waals surface area contributed by atoms with Gasteiger partial charge in [-0.25, -0.2) is 4.79 Å². The van der Waals surface area contributed by atoms with Gasteiger partial charge < -0.3 is 20.7 Å². The Kier molecular flexibility index (Phi) is 13.0. The lowest BCUT2D eigenvalue weighted by molar-refractivity contribution is -0.145. The minimum absolute atomic E-state index is 0.228. The summed E-state index contributed by atoms with van der Waals surface area (Å²) in [4.78, 5) is 46.9. The van der Waals surface area contributed by atoms with Crippen LogP contribution in [0.2, 0.25) is 0 Å². The van der Waals surface area contributed by atoms with Crippen molar-refractivity contribution in [1.82, 2.24) is 16.0 Å². The first-order valence-corrected chi connectivity index (χ1v) is 11.3. The summed E-state index contributed by atoms with van der Waals surface area (Å²) < 4.78 is 4.79. The van der Waals surface area contributed by atoms with Crippen molar-refractivity contribution in [1.29, 1.82) is 0 Å². The molecule has 0 fully saturated rings. The number of nitrogens with one attached hydrogen (secondary N) is 3. The predicted octanol–water partition coefficient (Wildman–Crippen LogP) is 1.04. The second-order valence-electron chi connectivity index (χ2n) is 6.70. The lowest BCUT2D eigenvalue weighted by Gasteiger charge is -2.17. The molecule has 0 aliphatic rings. The van der Waals surface area contributed by atoms with E-state index < -0.39 is 18.1 Å². The molecule has 0 radical (unpaired) electrons. The second kappa shape index (κ2) is 15.3. The smallest absolute Gasteiger partial charge is 0.328 e. The van der Waals surface area contributed by atoms with Gasteiger partial charge in [-0.05, 0) is 36.8 Å². The van der Waals surface area contributed by atoms with E-state index in [0.29, 0.717) is 38.6 Å². The lowest BCUT2D eigenvalue weighted by Crippen LogP contribution is -2.44. The number of methoxy groups -OCH3 is 1. The van der Waals surface area contributed by atoms with Gasteiger partial charge in [0, 0.05) is 19.4 Å². The Bertz CT molecular complexity index is 672. The first-order valence-electron chi connectivity index (χ1n) is 9.89. The molecule has 166 valence electrons. The SMILES string of the molecule is COC(=O)[C@H](Cc1ccccc1)NC(=O)CCCCNC(=O)[C@H](CCSC)NC=O. The highest BCUT2D eigenvalue weighted by Gasteiger charge is 2.21. The number of hydrogen-bond acceptors (Lipinski definition) is 6. The van der Waals surface area contributed by atoms with Gasteiger partial charge in [-0.15, -0.1) is 0 Å². The molecule has 1 aromatic carbocycles. The summed E-state index contributed by atoms with van der Waals surface area (Å²) in [5.74, 6) is -0.190. The molecule has 3 N–H and O–H groups in total. The molecule has 0 aromatic heterocycles. The van der Waals surface area contributed by atoms with Crippen molar-refractivity contribution in [3.8, 4) is 0 Å². The first kappa shape index (κ1) is 25.5. The molecule has 1 rings (SSSR count). The number of carbonyl (C=O) groups is 4. The van der Waals surface area contributed by atoms with Gasteiger partial charge in [0.2, 0.25) is 18.2 Å². The zero-order valence-electron chi connectivity index (χ0n) is 17.5. The Morgan fingerprint density at radius 1 is 1.13 bits per heavy atom. The molecule has 0 unspecified atom stereocenters. The standard InChI is InChI=1S/C21H31N3O5S/c1-29-21(28)18(14-16-8-4-3-5-9-16)24-19(26)10-6-7-12-22-20(27)17(23-15-25)11-13-30-2/h3-5,8-9,15,17-18H,6-7,10-14H2,1-2H3,(H,22,27)(H,23,25)(H,24,26)/t17-,18-/m0/s1. The van der Waals surface area contributed by atoms with Gasteiger partial charge >= 0.3 is 5.97 Å². The van der Waals surface area contributed by atoms with Crippen LogP contribution in [0.1, 0.15) is 31.2 Å². The van der Waals surface area contributed by atoms with E-state index in [1.165, 1.54) is 7.11 Å². The topological polar surface area (TPSA) is 114 Å². The van der Waals surface area contributed by atoms with Gasteiger partial charge in [0.05, 0.1) is 7.11 Å². The second-order valence-corrected chi connectivity index (χ2v) is 7.69. The summed E-state index contributed by atoms with van der Waals surface area (Å²) in [5, 5.41) is 8.02. The van der Waals surface area contributed by atoms with E-state index in [9.17, 15) is 19.2 Å². The van der Waals surface area contributed by atoms with E-state index in [1.807, 2.05) is 36.6 Å². The average molecular weight is 438 g/mol. The van der Waals surface area contributed by atoms with Crippen LogP contribution in [0, 0.1) is 0 Å². The van der Waals surface area contributed by atoms with Gasteiger partial charge in [0.15, 0.2) is 0 Å². The maximum Gasteiger partial charge on any atom is 0.328 e. The van der Waals surface area contributed by atoms with Crippen LogP contribution in [0.15, 0.2) is 30.3 Å². The van der Waals surface area contributed by atoms with Crippen molar-refractivity contribution in [2.45, 2.75) is 44.2 Å². The van der Waals surface area contributed by atoms with Crippen LogP contribution in [0.5, 0.6) is 0 Å². The maximum absolute atomic E-state index is 12.2. The van der Waals surface area contributed by atoms with Gasteiger partial charge in [-0.2, -0.15) is 11.8 Å². The number of hydrogen-bond donors (Lipinski definition) is 3. The molecule has 8 nitrogen and oxygen atoms in total. The molecule has 9 heteroatoms. The Morgan fingerprint density at radius 3 is 2.50 bits per heavy atom. The normalized spacial score (nSPS) is 12.3. The number of amides is 3. The van der Waals surface area contributed by atoms with Crippen LogP contribution in [-0.2, 0) is 30.3 Å². The Balaban J connectivity index is 2.35. The van der Waals surface area contributed by atoms with E-state index in [2.05, 4.69) is 16.0 Å². The van der Waals surface area contributed by atoms with E-state index >= 15 is 0 Å². The summed E-state index contributed by atoms with van der Waals surface area (Å²) >= 11 is 1.60. The Labute approximate surface area is 181 Å². The Morgan fingerprint density at radius 2 is 1.87 bits per heavy atom. The molecule has 0 aliphatic heterocycles. The highest BCUT2D eigenvalue weighted by molar-refractivity contribution is 7.98. The molecule has 0 saturated heterocycles. The quantitative estimate of drug-likeness (QED) is 0.215. The van der Waals surface area contributed by atoms with Crippen LogP contribution < -0.4 is 16.0 Å². The molecular formula is C21H31N3O5S. The molecule has 0 bridgehead atoms. The van der Waals surface area contributed by atoms with Crippen LogP contribution >= 0.6 is 11.8 Å². The molecule has 1 aromatic rings. The number of carbonyl (C=O) groups excluding carboxylic acids is 4. The number of unbranched alkanes of at least 4 members (excludes halogenated alkanes) is 1. The number of esters is 1. The van der Waals surface area contributed by atoms with Crippen LogP contribution in [0.3, 0.4) is 0 Å². The third-order valence-electron chi connectivity index (χ3n) is 4.43. The third kappa shape index (κ3) is 10.3. The summed E-state index contributed by atoms with van der Waals surface area (Å²) in [6, 6.07) is 8.11. The van der Waals surface area contributed by atoms with Gasteiger partial charge in [-0.1, -0.05) is 30.3 Å². The summed E-state index contributed by atoms with van der Waals surface area (Å²) in [6.07, 6.45) is 4.79. The number of thioether (sulfide) groups is 1. The Hall–Kier alpha value is -2.55. The monoisotopic (exact) mass is 437 g/mol. The zero-order chi connectivity index (χ0) is 22.2. The molecular weight excluding hydrogens is 406 g/mol. The number of rotatable bonds is 15. The fourth-order valence-electron chi connectivity index (χ4n) is 2.81. The molecule has 3 amide bonds. The van der Waals surface area contributed by atoms with Crippen molar-refractivity contribution in [3.05, 3.63) is 35.9 Å². The van der Waals surface area contributed by atoms with Crippen LogP contribution in [-0.4, -0.2) is 61.9 Å². The van der Waals surface area contributed by atoms with Crippen molar-refractivity contribution in [2.75, 3.05) is 25.7 Å². The minimum atomic E-state index is -0.740. The van der Waals surface area contributed by atoms with Crippen molar-refractivity contribution in [2.24, 2.45) is 0 Å². The number of benzene rings is 1. The number of ether oxygens (including phenoxy) is 1. The fourth-order valence-corrected chi connectivity index (χ4v) is 3.28. The fraction of sp³-hybridized carbons (Fsp3) is 0.524. The predicted molar refractivity (Wildman–Crippen MR) is 117 cm³/mol. The van der Waals surface area contributed by atoms with Crippen molar-refractivity contribution >= 4 is 36.0 Å². The van der Waals surface area contributed by atoms with Crippen LogP contribution in [0.25, 0.3) is 0 Å². The van der Waals surface area contributed by atoms with E-state index in [1.54, 1.807) is 11.8 Å². The maximum atomic E-state index is 12.2. The van der Waals surface area contributed by atoms with Crippen molar-refractivity contribution < 1.29 is 23.9 Å². The summed E-state index contributed by atoms with van der Waals surface area (Å²) in [6.45, 7) is 0.410. The van der Waals surface area contributed by atoms with Gasteiger partial charge in [-0.3, -0.25) is 14.4 Å². The van der Waals surface area contributed by atoms with Gasteiger partial charge in [0.25, 0.3) is 0 Å². The van der Waals surface area contributed by atoms with Crippen LogP contribution in [0.4, 0.5) is 0 Å². The summed E-state index contributed by atoms with van der Waals surface area (Å²) in [7, 11) is 1.29. The molecule has 2 atom stereocenters. The van der Waals surface area contributed by atoms with E-state index in [4.69, 9.17) is 4.74 Å².